The van der Waals surface area contributed by atoms with Crippen LogP contribution in [0.2, 0.25) is 0 Å². The van der Waals surface area contributed by atoms with Crippen LogP contribution in [0.4, 0.5) is 11.4 Å². The molecule has 0 saturated heterocycles. The van der Waals surface area contributed by atoms with E-state index >= 15 is 0 Å². The van der Waals surface area contributed by atoms with Crippen molar-refractivity contribution in [1.82, 2.24) is 15.0 Å². The molecule has 0 aliphatic rings. The molecule has 0 saturated carbocycles. The van der Waals surface area contributed by atoms with Gasteiger partial charge in [0.25, 0.3) is 0 Å². The molecular weight excluding hydrogens is 414 g/mol. The summed E-state index contributed by atoms with van der Waals surface area (Å²) >= 11 is 0. The van der Waals surface area contributed by atoms with Crippen LogP contribution < -0.4 is 5.32 Å². The highest BCUT2D eigenvalue weighted by atomic mass is 16.3. The SMILES string of the molecule is Cc1cc(Nc2cccc(C#N)c2)ccc1C(=O)c1cc(-n2cc(CCO)nn2)ccc1C. The molecule has 0 radical (unpaired) electrons. The lowest BCUT2D eigenvalue weighted by atomic mass is 9.95. The van der Waals surface area contributed by atoms with E-state index in [1.54, 1.807) is 23.0 Å². The van der Waals surface area contributed by atoms with Gasteiger partial charge in [0.15, 0.2) is 5.78 Å². The van der Waals surface area contributed by atoms with E-state index in [0.717, 1.165) is 28.2 Å². The molecular formula is C26H23N5O2. The molecule has 7 nitrogen and oxygen atoms in total. The largest absolute Gasteiger partial charge is 0.396 e. The van der Waals surface area contributed by atoms with Gasteiger partial charge in [0.05, 0.1) is 29.2 Å². The summed E-state index contributed by atoms with van der Waals surface area (Å²) < 4.78 is 1.61. The molecule has 0 fully saturated rings. The number of nitrogens with one attached hydrogen (secondary N) is 1. The molecule has 0 atom stereocenters. The molecule has 4 aromatic rings. The van der Waals surface area contributed by atoms with Crippen LogP contribution in [-0.4, -0.2) is 32.5 Å². The van der Waals surface area contributed by atoms with Gasteiger partial charge in [0.1, 0.15) is 0 Å². The first kappa shape index (κ1) is 21.9. The molecule has 1 aromatic heterocycles. The van der Waals surface area contributed by atoms with Crippen LogP contribution in [0.25, 0.3) is 5.69 Å². The molecule has 0 aliphatic heterocycles. The number of anilines is 2. The number of hydrogen-bond donors (Lipinski definition) is 2. The number of nitriles is 1. The Morgan fingerprint density at radius 2 is 1.85 bits per heavy atom. The number of ketones is 1. The molecule has 0 amide bonds. The number of aryl methyl sites for hydroxylation is 2. The maximum atomic E-state index is 13.4. The highest BCUT2D eigenvalue weighted by molar-refractivity contribution is 6.11. The molecule has 0 unspecified atom stereocenters. The quantitative estimate of drug-likeness (QED) is 0.419. The second-order valence-corrected chi connectivity index (χ2v) is 7.80. The Bertz CT molecular complexity index is 1370. The predicted molar refractivity (Wildman–Crippen MR) is 126 cm³/mol. The number of nitrogens with zero attached hydrogens (tertiary/aromatic N) is 4. The second kappa shape index (κ2) is 9.47. The van der Waals surface area contributed by atoms with Crippen LogP contribution in [0.15, 0.2) is 66.9 Å². The Morgan fingerprint density at radius 3 is 2.61 bits per heavy atom. The summed E-state index contributed by atoms with van der Waals surface area (Å²) in [6.45, 7) is 3.81. The number of rotatable bonds is 7. The Labute approximate surface area is 191 Å². The second-order valence-electron chi connectivity index (χ2n) is 7.80. The Morgan fingerprint density at radius 1 is 1.03 bits per heavy atom. The molecule has 0 spiro atoms. The van der Waals surface area contributed by atoms with E-state index in [-0.39, 0.29) is 12.4 Å². The predicted octanol–water partition coefficient (Wildman–Crippen LogP) is 4.27. The summed E-state index contributed by atoms with van der Waals surface area (Å²) in [4.78, 5) is 13.4. The Kier molecular flexibility index (Phi) is 6.29. The minimum Gasteiger partial charge on any atom is -0.396 e. The standard InChI is InChI=1S/C26H23N5O2/c1-17-6-8-23(31-16-22(10-11-32)29-30-31)14-25(17)26(33)24-9-7-21(12-18(24)2)28-20-5-3-4-19(13-20)15-27/h3-9,12-14,16,28,32H,10-11H2,1-2H3. The fraction of sp³-hybridized carbons (Fsp3) is 0.154. The van der Waals surface area contributed by atoms with Gasteiger partial charge in [-0.3, -0.25) is 4.79 Å². The fourth-order valence-corrected chi connectivity index (χ4v) is 3.63. The summed E-state index contributed by atoms with van der Waals surface area (Å²) in [6, 6.07) is 20.6. The molecule has 3 aromatic carbocycles. The molecule has 4 rings (SSSR count). The first-order chi connectivity index (χ1) is 16.0. The van der Waals surface area contributed by atoms with Gasteiger partial charge in [0.2, 0.25) is 0 Å². The van der Waals surface area contributed by atoms with E-state index in [1.807, 2.05) is 62.4 Å². The minimum atomic E-state index is -0.0689. The number of aliphatic hydroxyl groups excluding tert-OH is 1. The van der Waals surface area contributed by atoms with Crippen molar-refractivity contribution in [3.05, 3.63) is 100 Å². The van der Waals surface area contributed by atoms with Crippen LogP contribution >= 0.6 is 0 Å². The van der Waals surface area contributed by atoms with Crippen molar-refractivity contribution >= 4 is 17.2 Å². The molecule has 33 heavy (non-hydrogen) atoms. The van der Waals surface area contributed by atoms with Gasteiger partial charge in [-0.05, 0) is 73.5 Å². The smallest absolute Gasteiger partial charge is 0.193 e. The van der Waals surface area contributed by atoms with E-state index in [1.165, 1.54) is 0 Å². The number of aliphatic hydroxyl groups is 1. The van der Waals surface area contributed by atoms with Gasteiger partial charge in [-0.15, -0.1) is 5.10 Å². The summed E-state index contributed by atoms with van der Waals surface area (Å²) in [6.07, 6.45) is 2.18. The van der Waals surface area contributed by atoms with Crippen LogP contribution in [0, 0.1) is 25.2 Å². The monoisotopic (exact) mass is 437 g/mol. The van der Waals surface area contributed by atoms with E-state index in [4.69, 9.17) is 10.4 Å². The third-order valence-electron chi connectivity index (χ3n) is 5.39. The topological polar surface area (TPSA) is 104 Å². The number of carbonyl (C=O) groups is 1. The van der Waals surface area contributed by atoms with Crippen molar-refractivity contribution in [3.8, 4) is 11.8 Å². The lowest BCUT2D eigenvalue weighted by molar-refractivity contribution is 0.103. The summed E-state index contributed by atoms with van der Waals surface area (Å²) in [7, 11) is 0. The maximum absolute atomic E-state index is 13.4. The average molecular weight is 438 g/mol. The van der Waals surface area contributed by atoms with Gasteiger partial charge in [-0.1, -0.05) is 17.3 Å². The van der Waals surface area contributed by atoms with Crippen LogP contribution in [-0.2, 0) is 6.42 Å². The lowest BCUT2D eigenvalue weighted by Crippen LogP contribution is -2.08. The zero-order valence-corrected chi connectivity index (χ0v) is 18.4. The number of aromatic nitrogens is 3. The number of carbonyl (C=O) groups excluding carboxylic acids is 1. The van der Waals surface area contributed by atoms with Crippen molar-refractivity contribution in [2.45, 2.75) is 20.3 Å². The van der Waals surface area contributed by atoms with E-state index < -0.39 is 0 Å². The molecule has 2 N–H and O–H groups in total. The Hall–Kier alpha value is -4.28. The van der Waals surface area contributed by atoms with E-state index in [9.17, 15) is 4.79 Å². The van der Waals surface area contributed by atoms with Gasteiger partial charge < -0.3 is 10.4 Å². The first-order valence-corrected chi connectivity index (χ1v) is 10.5. The van der Waals surface area contributed by atoms with Crippen LogP contribution in [0.3, 0.4) is 0 Å². The molecule has 164 valence electrons. The fourth-order valence-electron chi connectivity index (χ4n) is 3.63. The highest BCUT2D eigenvalue weighted by Crippen LogP contribution is 2.24. The summed E-state index contributed by atoms with van der Waals surface area (Å²) in [5.41, 5.74) is 6.57. The third kappa shape index (κ3) is 4.81. The van der Waals surface area contributed by atoms with Crippen molar-refractivity contribution < 1.29 is 9.90 Å². The van der Waals surface area contributed by atoms with Crippen molar-refractivity contribution in [2.75, 3.05) is 11.9 Å². The molecule has 0 bridgehead atoms. The third-order valence-corrected chi connectivity index (χ3v) is 5.39. The Balaban J connectivity index is 1.60. The lowest BCUT2D eigenvalue weighted by Gasteiger charge is -2.12. The van der Waals surface area contributed by atoms with E-state index in [2.05, 4.69) is 21.7 Å². The summed E-state index contributed by atoms with van der Waals surface area (Å²) in [5.74, 6) is -0.0689. The van der Waals surface area contributed by atoms with Crippen molar-refractivity contribution in [3.63, 3.8) is 0 Å². The first-order valence-electron chi connectivity index (χ1n) is 10.5. The molecule has 7 heteroatoms. The van der Waals surface area contributed by atoms with Gasteiger partial charge in [-0.2, -0.15) is 5.26 Å². The number of hydrogen-bond acceptors (Lipinski definition) is 6. The van der Waals surface area contributed by atoms with Gasteiger partial charge in [0, 0.05) is 35.5 Å². The van der Waals surface area contributed by atoms with Gasteiger partial charge in [-0.25, -0.2) is 4.68 Å². The molecule has 0 aliphatic carbocycles. The van der Waals surface area contributed by atoms with Gasteiger partial charge >= 0.3 is 0 Å². The van der Waals surface area contributed by atoms with Crippen molar-refractivity contribution in [1.29, 1.82) is 5.26 Å². The highest BCUT2D eigenvalue weighted by Gasteiger charge is 2.16. The maximum Gasteiger partial charge on any atom is 0.193 e. The minimum absolute atomic E-state index is 0.00418. The molecule has 1 heterocycles. The summed E-state index contributed by atoms with van der Waals surface area (Å²) in [5, 5.41) is 29.6. The normalized spacial score (nSPS) is 10.6. The van der Waals surface area contributed by atoms with Crippen LogP contribution in [0.5, 0.6) is 0 Å². The van der Waals surface area contributed by atoms with E-state index in [0.29, 0.717) is 28.8 Å². The zero-order valence-electron chi connectivity index (χ0n) is 18.4. The average Bonchev–Trinajstić information content (AvgIpc) is 3.28. The van der Waals surface area contributed by atoms with Crippen molar-refractivity contribution in [2.24, 2.45) is 0 Å². The van der Waals surface area contributed by atoms with Crippen LogP contribution in [0.1, 0.15) is 38.3 Å². The zero-order chi connectivity index (χ0) is 23.4. The number of benzene rings is 3.